The standard InChI is InChI=1S/C29H29F4N5O3/c1-17-14-38(15-18(2)40-17)16-21(39)11-20-12-23(8-9-34-20)41-22-5-7-27-26(13-22)36-28(37(27)3)35-25-10-19(29(31,32)33)4-6-24(25)30/h4-10,12-13,17-18H,11,14-16H2,1-3H3,(H,35,36)/t17-,18+. The van der Waals surface area contributed by atoms with E-state index in [1.807, 2.05) is 13.8 Å². The van der Waals surface area contributed by atoms with Gasteiger partial charge in [0.1, 0.15) is 17.3 Å². The van der Waals surface area contributed by atoms with Crippen LogP contribution in [-0.2, 0) is 29.2 Å². The number of aryl methyl sites for hydroxylation is 1. The number of ketones is 1. The molecule has 41 heavy (non-hydrogen) atoms. The van der Waals surface area contributed by atoms with E-state index in [2.05, 4.69) is 20.2 Å². The van der Waals surface area contributed by atoms with Crippen LogP contribution in [0.4, 0.5) is 29.2 Å². The first-order valence-electron chi connectivity index (χ1n) is 13.1. The summed E-state index contributed by atoms with van der Waals surface area (Å²) in [6.07, 6.45) is -2.72. The number of anilines is 2. The van der Waals surface area contributed by atoms with Gasteiger partial charge in [0.2, 0.25) is 5.95 Å². The van der Waals surface area contributed by atoms with Gasteiger partial charge in [-0.3, -0.25) is 14.7 Å². The van der Waals surface area contributed by atoms with Crippen molar-refractivity contribution in [3.8, 4) is 11.5 Å². The number of nitrogens with zero attached hydrogens (tertiary/aromatic N) is 4. The van der Waals surface area contributed by atoms with Crippen LogP contribution in [0.15, 0.2) is 54.7 Å². The molecule has 4 aromatic rings. The number of carbonyl (C=O) groups excluding carboxylic acids is 1. The molecule has 216 valence electrons. The van der Waals surface area contributed by atoms with E-state index in [0.29, 0.717) is 60.0 Å². The molecule has 8 nitrogen and oxygen atoms in total. The van der Waals surface area contributed by atoms with E-state index in [9.17, 15) is 22.4 Å². The van der Waals surface area contributed by atoms with Gasteiger partial charge >= 0.3 is 6.18 Å². The lowest BCUT2D eigenvalue weighted by Crippen LogP contribution is -2.47. The number of carbonyl (C=O) groups is 1. The lowest BCUT2D eigenvalue weighted by Gasteiger charge is -2.34. The number of imidazole rings is 1. The second-order valence-corrected chi connectivity index (χ2v) is 10.2. The number of Topliss-reactive ketones (excluding diaryl/α,β-unsaturated/α-hetero) is 1. The molecule has 3 heterocycles. The average molecular weight is 572 g/mol. The second-order valence-electron chi connectivity index (χ2n) is 10.2. The SMILES string of the molecule is C[C@@H]1CN(CC(=O)Cc2cc(Oc3ccc4c(c3)nc(Nc3cc(C(F)(F)F)ccc3F)n4C)ccn2)C[C@H](C)O1. The Hall–Kier alpha value is -4.03. The van der Waals surface area contributed by atoms with Crippen LogP contribution in [-0.4, -0.2) is 57.1 Å². The van der Waals surface area contributed by atoms with Gasteiger partial charge in [0, 0.05) is 38.5 Å². The number of hydrogen-bond acceptors (Lipinski definition) is 7. The minimum absolute atomic E-state index is 0.0445. The van der Waals surface area contributed by atoms with Crippen molar-refractivity contribution in [3.63, 3.8) is 0 Å². The number of aromatic nitrogens is 3. The van der Waals surface area contributed by atoms with Crippen molar-refractivity contribution >= 4 is 28.5 Å². The number of alkyl halides is 3. The van der Waals surface area contributed by atoms with E-state index in [1.165, 1.54) is 0 Å². The third-order valence-corrected chi connectivity index (χ3v) is 6.69. The van der Waals surface area contributed by atoms with Crippen molar-refractivity contribution in [1.29, 1.82) is 0 Å². The maximum atomic E-state index is 14.3. The largest absolute Gasteiger partial charge is 0.457 e. The molecule has 0 radical (unpaired) electrons. The van der Waals surface area contributed by atoms with Crippen molar-refractivity contribution in [3.05, 3.63) is 71.8 Å². The normalized spacial score (nSPS) is 18.0. The van der Waals surface area contributed by atoms with Crippen molar-refractivity contribution in [2.75, 3.05) is 25.0 Å². The number of nitrogens with one attached hydrogen (secondary N) is 1. The first-order chi connectivity index (χ1) is 19.4. The first-order valence-corrected chi connectivity index (χ1v) is 13.1. The van der Waals surface area contributed by atoms with Crippen molar-refractivity contribution in [2.24, 2.45) is 7.05 Å². The Kier molecular flexibility index (Phi) is 7.96. The van der Waals surface area contributed by atoms with E-state index >= 15 is 0 Å². The van der Waals surface area contributed by atoms with E-state index in [0.717, 1.165) is 6.07 Å². The predicted octanol–water partition coefficient (Wildman–Crippen LogP) is 5.88. The molecule has 2 atom stereocenters. The lowest BCUT2D eigenvalue weighted by atomic mass is 10.1. The van der Waals surface area contributed by atoms with Gasteiger partial charge < -0.3 is 19.4 Å². The van der Waals surface area contributed by atoms with Crippen LogP contribution in [0.1, 0.15) is 25.1 Å². The summed E-state index contributed by atoms with van der Waals surface area (Å²) < 4.78 is 66.9. The summed E-state index contributed by atoms with van der Waals surface area (Å²) in [5.74, 6) is 0.297. The van der Waals surface area contributed by atoms with Gasteiger partial charge in [-0.2, -0.15) is 13.2 Å². The summed E-state index contributed by atoms with van der Waals surface area (Å²) >= 11 is 0. The Balaban J connectivity index is 1.28. The fraction of sp³-hybridized carbons (Fsp3) is 0.345. The predicted molar refractivity (Wildman–Crippen MR) is 145 cm³/mol. The van der Waals surface area contributed by atoms with Gasteiger partial charge in [0.05, 0.1) is 53.2 Å². The van der Waals surface area contributed by atoms with E-state index < -0.39 is 17.6 Å². The number of pyridine rings is 1. The average Bonchev–Trinajstić information content (AvgIpc) is 3.18. The summed E-state index contributed by atoms with van der Waals surface area (Å²) in [6, 6.07) is 10.6. The second kappa shape index (κ2) is 11.5. The third-order valence-electron chi connectivity index (χ3n) is 6.69. The quantitative estimate of drug-likeness (QED) is 0.265. The van der Waals surface area contributed by atoms with Crippen LogP contribution in [0, 0.1) is 5.82 Å². The molecule has 5 rings (SSSR count). The fourth-order valence-corrected chi connectivity index (χ4v) is 4.95. The van der Waals surface area contributed by atoms with Gasteiger partial charge in [-0.1, -0.05) is 0 Å². The van der Waals surface area contributed by atoms with Crippen molar-refractivity contribution in [1.82, 2.24) is 19.4 Å². The molecule has 0 aliphatic carbocycles. The number of hydrogen-bond donors (Lipinski definition) is 1. The number of ether oxygens (including phenoxy) is 2. The Morgan fingerprint density at radius 1 is 1.07 bits per heavy atom. The van der Waals surface area contributed by atoms with E-state index in [1.54, 1.807) is 48.1 Å². The Labute approximate surface area is 233 Å². The van der Waals surface area contributed by atoms with Gasteiger partial charge in [-0.05, 0) is 50.2 Å². The molecule has 12 heteroatoms. The summed E-state index contributed by atoms with van der Waals surface area (Å²) in [5, 5.41) is 2.66. The lowest BCUT2D eigenvalue weighted by molar-refractivity contribution is -0.137. The molecular formula is C29H29F4N5O3. The number of benzene rings is 2. The summed E-state index contributed by atoms with van der Waals surface area (Å²) in [5.41, 5.74) is 0.402. The Bertz CT molecular complexity index is 1560. The van der Waals surface area contributed by atoms with Crippen molar-refractivity contribution in [2.45, 2.75) is 38.7 Å². The molecule has 0 saturated carbocycles. The molecule has 0 bridgehead atoms. The van der Waals surface area contributed by atoms with Crippen molar-refractivity contribution < 1.29 is 31.8 Å². The molecule has 1 aliphatic rings. The van der Waals surface area contributed by atoms with Crippen LogP contribution < -0.4 is 10.1 Å². The van der Waals surface area contributed by atoms with Crippen LogP contribution >= 0.6 is 0 Å². The van der Waals surface area contributed by atoms with Crippen LogP contribution in [0.25, 0.3) is 11.0 Å². The molecule has 2 aromatic carbocycles. The Morgan fingerprint density at radius 3 is 2.54 bits per heavy atom. The van der Waals surface area contributed by atoms with Gasteiger partial charge in [0.15, 0.2) is 5.78 Å². The topological polar surface area (TPSA) is 81.5 Å². The van der Waals surface area contributed by atoms with E-state index in [4.69, 9.17) is 9.47 Å². The molecule has 1 saturated heterocycles. The van der Waals surface area contributed by atoms with Gasteiger partial charge in [0.25, 0.3) is 0 Å². The monoisotopic (exact) mass is 571 g/mol. The summed E-state index contributed by atoms with van der Waals surface area (Å²) in [4.78, 5) is 23.5. The van der Waals surface area contributed by atoms with Gasteiger partial charge in [-0.15, -0.1) is 0 Å². The zero-order chi connectivity index (χ0) is 29.3. The maximum Gasteiger partial charge on any atom is 0.416 e. The molecule has 0 unspecified atom stereocenters. The van der Waals surface area contributed by atoms with Gasteiger partial charge in [-0.25, -0.2) is 9.37 Å². The molecule has 2 aromatic heterocycles. The maximum absolute atomic E-state index is 14.3. The Morgan fingerprint density at radius 2 is 1.80 bits per heavy atom. The molecule has 0 spiro atoms. The highest BCUT2D eigenvalue weighted by molar-refractivity contribution is 5.83. The molecule has 0 amide bonds. The summed E-state index contributed by atoms with van der Waals surface area (Å²) in [6.45, 7) is 5.71. The molecule has 1 N–H and O–H groups in total. The number of halogens is 4. The smallest absolute Gasteiger partial charge is 0.416 e. The summed E-state index contributed by atoms with van der Waals surface area (Å²) in [7, 11) is 1.66. The number of fused-ring (bicyclic) bond motifs is 1. The highest BCUT2D eigenvalue weighted by atomic mass is 19.4. The first kappa shape index (κ1) is 28.5. The molecular weight excluding hydrogens is 542 g/mol. The highest BCUT2D eigenvalue weighted by Crippen LogP contribution is 2.33. The zero-order valence-electron chi connectivity index (χ0n) is 22.7. The number of morpholine rings is 1. The minimum atomic E-state index is -4.61. The van der Waals surface area contributed by atoms with Crippen LogP contribution in [0.3, 0.4) is 0 Å². The van der Waals surface area contributed by atoms with Crippen LogP contribution in [0.5, 0.6) is 11.5 Å². The third kappa shape index (κ3) is 6.83. The molecule has 1 aliphatic heterocycles. The minimum Gasteiger partial charge on any atom is -0.457 e. The highest BCUT2D eigenvalue weighted by Gasteiger charge is 2.31. The van der Waals surface area contributed by atoms with Crippen LogP contribution in [0.2, 0.25) is 0 Å². The molecule has 1 fully saturated rings. The number of rotatable bonds is 8. The fourth-order valence-electron chi connectivity index (χ4n) is 4.95. The zero-order valence-corrected chi connectivity index (χ0v) is 22.7. The van der Waals surface area contributed by atoms with E-state index in [-0.39, 0.29) is 36.0 Å².